The van der Waals surface area contributed by atoms with Gasteiger partial charge in [-0.1, -0.05) is 143 Å². The molecule has 0 amide bonds. The summed E-state index contributed by atoms with van der Waals surface area (Å²) in [6.45, 7) is 9.15. The van der Waals surface area contributed by atoms with E-state index in [1.165, 1.54) is 38.5 Å². The molecule has 0 aliphatic heterocycles. The molecule has 1 aromatic heterocycles. The number of rotatable bonds is 5. The predicted octanol–water partition coefficient (Wildman–Crippen LogP) is 14.1. The first-order valence-electron chi connectivity index (χ1n) is 20.2. The third kappa shape index (κ3) is 4.89. The van der Waals surface area contributed by atoms with Crippen LogP contribution in [0.25, 0.3) is 49.7 Å². The number of hydrogen-bond donors (Lipinski definition) is 0. The highest BCUT2D eigenvalue weighted by Crippen LogP contribution is 2.54. The number of ketones is 1. The van der Waals surface area contributed by atoms with Gasteiger partial charge in [0.25, 0.3) is 0 Å². The molecule has 278 valence electrons. The zero-order valence-corrected chi connectivity index (χ0v) is 33.1. The number of anilines is 3. The number of nitrogens with zero attached hydrogens (tertiary/aromatic N) is 2. The molecule has 0 atom stereocenters. The monoisotopic (exact) mass is 746 g/mol. The largest absolute Gasteiger partial charge is 0.310 e. The second-order valence-electron chi connectivity index (χ2n) is 16.9. The number of carbonyl (C=O) groups is 1. The van der Waals surface area contributed by atoms with Crippen LogP contribution in [-0.4, -0.2) is 10.4 Å². The van der Waals surface area contributed by atoms with Crippen LogP contribution in [0.5, 0.6) is 0 Å². The van der Waals surface area contributed by atoms with E-state index in [2.05, 4.69) is 201 Å². The summed E-state index contributed by atoms with van der Waals surface area (Å²) in [6, 6.07) is 65.2. The Labute approximate surface area is 339 Å². The molecule has 0 saturated heterocycles. The number of benzene rings is 8. The Bertz CT molecular complexity index is 3080. The third-order valence-electron chi connectivity index (χ3n) is 13.0. The first-order chi connectivity index (χ1) is 28.2. The van der Waals surface area contributed by atoms with Crippen molar-refractivity contribution < 1.29 is 4.79 Å². The average Bonchev–Trinajstić information content (AvgIpc) is 3.71. The van der Waals surface area contributed by atoms with Crippen molar-refractivity contribution in [2.75, 3.05) is 4.90 Å². The van der Waals surface area contributed by atoms with E-state index >= 15 is 0 Å². The molecule has 8 aromatic carbocycles. The van der Waals surface area contributed by atoms with Crippen LogP contribution in [-0.2, 0) is 10.8 Å². The molecule has 0 saturated carbocycles. The van der Waals surface area contributed by atoms with Crippen LogP contribution in [0.15, 0.2) is 182 Å². The van der Waals surface area contributed by atoms with Crippen LogP contribution in [0.2, 0.25) is 0 Å². The van der Waals surface area contributed by atoms with Gasteiger partial charge in [-0.15, -0.1) is 0 Å². The van der Waals surface area contributed by atoms with E-state index in [4.69, 9.17) is 0 Å². The maximum Gasteiger partial charge on any atom is 0.193 e. The van der Waals surface area contributed by atoms with E-state index in [1.54, 1.807) is 0 Å². The lowest BCUT2D eigenvalue weighted by Gasteiger charge is -2.34. The van der Waals surface area contributed by atoms with E-state index in [-0.39, 0.29) is 16.6 Å². The topological polar surface area (TPSA) is 25.2 Å². The van der Waals surface area contributed by atoms with Crippen LogP contribution in [0.3, 0.4) is 0 Å². The molecular formula is C55H42N2O. The van der Waals surface area contributed by atoms with Crippen molar-refractivity contribution in [1.82, 2.24) is 4.57 Å². The highest BCUT2D eigenvalue weighted by molar-refractivity contribution is 6.19. The van der Waals surface area contributed by atoms with Crippen LogP contribution in [0.4, 0.5) is 17.1 Å². The van der Waals surface area contributed by atoms with Crippen LogP contribution in [0.1, 0.15) is 65.9 Å². The van der Waals surface area contributed by atoms with Gasteiger partial charge in [0.1, 0.15) is 0 Å². The molecule has 0 bridgehead atoms. The number of para-hydroxylation sites is 2. The van der Waals surface area contributed by atoms with Crippen molar-refractivity contribution in [2.45, 2.75) is 38.5 Å². The van der Waals surface area contributed by atoms with Gasteiger partial charge >= 0.3 is 0 Å². The molecule has 3 heteroatoms. The first kappa shape index (κ1) is 34.3. The molecule has 3 nitrogen and oxygen atoms in total. The highest BCUT2D eigenvalue weighted by Gasteiger charge is 2.38. The van der Waals surface area contributed by atoms with Gasteiger partial charge in [0.05, 0.1) is 11.0 Å². The molecule has 0 unspecified atom stereocenters. The summed E-state index contributed by atoms with van der Waals surface area (Å²) in [5.41, 5.74) is 17.6. The molecule has 9 aromatic rings. The van der Waals surface area contributed by atoms with Gasteiger partial charge in [-0.25, -0.2) is 0 Å². The van der Waals surface area contributed by atoms with E-state index in [0.717, 1.165) is 61.6 Å². The third-order valence-corrected chi connectivity index (χ3v) is 13.0. The molecule has 58 heavy (non-hydrogen) atoms. The quantitative estimate of drug-likeness (QED) is 0.175. The Morgan fingerprint density at radius 2 is 0.966 bits per heavy atom. The first-order valence-corrected chi connectivity index (χ1v) is 20.2. The lowest BCUT2D eigenvalue weighted by molar-refractivity contribution is 0.103. The maximum atomic E-state index is 13.9. The van der Waals surface area contributed by atoms with Crippen LogP contribution in [0, 0.1) is 0 Å². The number of hydrogen-bond acceptors (Lipinski definition) is 2. The molecule has 2 aliphatic rings. The van der Waals surface area contributed by atoms with Crippen LogP contribution < -0.4 is 4.90 Å². The highest BCUT2D eigenvalue weighted by atomic mass is 16.1. The van der Waals surface area contributed by atoms with E-state index in [0.29, 0.717) is 0 Å². The average molecular weight is 747 g/mol. The Morgan fingerprint density at radius 3 is 1.66 bits per heavy atom. The fourth-order valence-corrected chi connectivity index (χ4v) is 10.1. The lowest BCUT2D eigenvalue weighted by atomic mass is 9.68. The molecule has 0 fully saturated rings. The SMILES string of the molecule is CC1(C)c2ccccc2C(=O)c2cc(-c3ccc(-n4c5ccc(N(c6ccccc6)c6ccccc6)cc5c5c6c(ccc54)C(C)(C)c4ccccc4-6)cc3)ccc21. The maximum absolute atomic E-state index is 13.9. The minimum Gasteiger partial charge on any atom is -0.310 e. The molecular weight excluding hydrogens is 705 g/mol. The number of carbonyl (C=O) groups excluding carboxylic acids is 1. The number of aromatic nitrogens is 1. The van der Waals surface area contributed by atoms with Crippen molar-refractivity contribution in [2.24, 2.45) is 0 Å². The summed E-state index contributed by atoms with van der Waals surface area (Å²) in [5, 5.41) is 2.49. The van der Waals surface area contributed by atoms with Crippen molar-refractivity contribution in [3.8, 4) is 27.9 Å². The summed E-state index contributed by atoms with van der Waals surface area (Å²) in [4.78, 5) is 16.2. The predicted molar refractivity (Wildman–Crippen MR) is 240 cm³/mol. The lowest BCUT2D eigenvalue weighted by Crippen LogP contribution is -2.30. The second-order valence-corrected chi connectivity index (χ2v) is 16.9. The standard InChI is InChI=1S/C55H42N2O/c1-54(2)46-22-14-12-20-42(46)53(58)43-33-36(25-29-47(43)54)35-23-26-39(27-24-35)57-49-31-28-40(56(37-15-7-5-8-16-37)38-17-9-6-10-18-38)34-44(49)52-50(57)32-30-48-51(52)41-19-11-13-21-45(41)55(48,3)4/h5-34H,1-4H3. The summed E-state index contributed by atoms with van der Waals surface area (Å²) < 4.78 is 2.43. The van der Waals surface area contributed by atoms with Gasteiger partial charge in [0, 0.05) is 55.5 Å². The van der Waals surface area contributed by atoms with Crippen molar-refractivity contribution in [3.05, 3.63) is 215 Å². The van der Waals surface area contributed by atoms with Crippen molar-refractivity contribution in [1.29, 1.82) is 0 Å². The fraction of sp³-hybridized carbons (Fsp3) is 0.109. The normalized spacial score (nSPS) is 14.5. The molecule has 11 rings (SSSR count). The van der Waals surface area contributed by atoms with Crippen molar-refractivity contribution >= 4 is 44.7 Å². The molecule has 1 heterocycles. The Morgan fingerprint density at radius 1 is 0.431 bits per heavy atom. The zero-order valence-electron chi connectivity index (χ0n) is 33.1. The minimum absolute atomic E-state index is 0.100. The van der Waals surface area contributed by atoms with E-state index in [9.17, 15) is 4.79 Å². The van der Waals surface area contributed by atoms with E-state index < -0.39 is 0 Å². The zero-order chi connectivity index (χ0) is 39.3. The van der Waals surface area contributed by atoms with Gasteiger partial charge in [0.2, 0.25) is 0 Å². The fourth-order valence-electron chi connectivity index (χ4n) is 10.1. The summed E-state index contributed by atoms with van der Waals surface area (Å²) in [6.07, 6.45) is 0. The van der Waals surface area contributed by atoms with E-state index in [1.807, 2.05) is 18.2 Å². The van der Waals surface area contributed by atoms with Gasteiger partial charge in [-0.05, 0) is 111 Å². The summed E-state index contributed by atoms with van der Waals surface area (Å²) in [5.74, 6) is 0.100. The summed E-state index contributed by atoms with van der Waals surface area (Å²) >= 11 is 0. The Hall–Kier alpha value is -6.97. The Balaban J connectivity index is 1.10. The summed E-state index contributed by atoms with van der Waals surface area (Å²) in [7, 11) is 0. The Kier molecular flexibility index (Phi) is 7.40. The molecule has 0 N–H and O–H groups in total. The molecule has 2 aliphatic carbocycles. The van der Waals surface area contributed by atoms with Crippen LogP contribution >= 0.6 is 0 Å². The smallest absolute Gasteiger partial charge is 0.193 e. The van der Waals surface area contributed by atoms with Gasteiger partial charge in [0.15, 0.2) is 5.78 Å². The molecule has 0 radical (unpaired) electrons. The number of fused-ring (bicyclic) bond motifs is 9. The van der Waals surface area contributed by atoms with Gasteiger partial charge in [-0.3, -0.25) is 4.79 Å². The second kappa shape index (κ2) is 12.5. The van der Waals surface area contributed by atoms with Gasteiger partial charge < -0.3 is 9.47 Å². The van der Waals surface area contributed by atoms with Gasteiger partial charge in [-0.2, -0.15) is 0 Å². The molecule has 0 spiro atoms. The van der Waals surface area contributed by atoms with Crippen molar-refractivity contribution in [3.63, 3.8) is 0 Å². The minimum atomic E-state index is -0.256.